The van der Waals surface area contributed by atoms with Crippen LogP contribution in [0.1, 0.15) is 49.9 Å². The van der Waals surface area contributed by atoms with Crippen molar-refractivity contribution < 1.29 is 0 Å². The van der Waals surface area contributed by atoms with Crippen LogP contribution in [0.3, 0.4) is 0 Å². The van der Waals surface area contributed by atoms with Crippen LogP contribution in [-0.2, 0) is 10.8 Å². The van der Waals surface area contributed by atoms with Crippen LogP contribution in [0.25, 0.3) is 157 Å². The van der Waals surface area contributed by atoms with Crippen LogP contribution in [0, 0.1) is 0 Å². The molecule has 8 nitrogen and oxygen atoms in total. The molecule has 0 saturated heterocycles. The molecule has 0 saturated carbocycles. The first kappa shape index (κ1) is 59.2. The Bertz CT molecular complexity index is 5680. The van der Waals surface area contributed by atoms with Crippen LogP contribution in [0.4, 0.5) is 0 Å². The summed E-state index contributed by atoms with van der Waals surface area (Å²) in [4.78, 5) is 38.2. The van der Waals surface area contributed by atoms with E-state index < -0.39 is 0 Å². The lowest BCUT2D eigenvalue weighted by molar-refractivity contribution is 0.661. The van der Waals surface area contributed by atoms with Crippen molar-refractivity contribution in [2.75, 3.05) is 0 Å². The SMILES string of the molecule is CC1(C)c2ccc(-c3ccc(-c4nc(-c5ccccc5)nc(-c5ccc(-c6cccnc6)cc5)n4)cc3)cc2-c2c1ccc1ccccc21.CC1(C)c2ccc(-c3ccc(-c4nc(-c5ccccc5)nc(-c5ccc(-c6cccnc6)cc5)n4)cc3)cc2-c2ccc3ccccc3c21. The molecule has 0 aliphatic heterocycles. The lowest BCUT2D eigenvalue weighted by Gasteiger charge is -2.23. The normalized spacial score (nSPS) is 12.9. The number of nitrogens with zero attached hydrogens (tertiary/aromatic N) is 8. The standard InChI is InChI=1S/2C45H32N4/c1-45(2)39-24-23-35(27-38(39)41-37-13-7-6-9-31(37)22-25-40(41)45)29-14-18-33(19-15-29)43-47-42(32-10-4-3-5-11-32)48-44(49-43)34-20-16-30(17-21-34)36-12-8-26-46-28-36;1-45(2)40-25-23-35(27-39(40)38-24-22-31-9-6-7-13-37(31)41(38)45)29-14-18-33(19-15-29)43-47-42(32-10-4-3-5-11-32)48-44(49-43)34-20-16-30(17-21-34)36-12-8-26-46-28-36/h2*3-28H,1-2H3. The third-order valence-electron chi connectivity index (χ3n) is 19.7. The lowest BCUT2D eigenvalue weighted by Crippen LogP contribution is -2.15. The lowest BCUT2D eigenvalue weighted by atomic mass is 9.80. The third-order valence-corrected chi connectivity index (χ3v) is 19.7. The monoisotopic (exact) mass is 1260 g/mol. The van der Waals surface area contributed by atoms with Crippen LogP contribution in [0.5, 0.6) is 0 Å². The van der Waals surface area contributed by atoms with Crippen molar-refractivity contribution in [3.05, 3.63) is 338 Å². The zero-order chi connectivity index (χ0) is 65.9. The van der Waals surface area contributed by atoms with E-state index in [4.69, 9.17) is 29.9 Å². The van der Waals surface area contributed by atoms with Crippen LogP contribution >= 0.6 is 0 Å². The summed E-state index contributed by atoms with van der Waals surface area (Å²) in [5, 5.41) is 5.21. The molecule has 16 aromatic rings. The first-order chi connectivity index (χ1) is 48.1. The summed E-state index contributed by atoms with van der Waals surface area (Å²) >= 11 is 0. The van der Waals surface area contributed by atoms with Gasteiger partial charge in [-0.3, -0.25) is 9.97 Å². The van der Waals surface area contributed by atoms with E-state index in [9.17, 15) is 0 Å². The second kappa shape index (κ2) is 24.4. The molecule has 98 heavy (non-hydrogen) atoms. The molecule has 0 N–H and O–H groups in total. The Morgan fingerprint density at radius 2 is 0.551 bits per heavy atom. The molecule has 4 aromatic heterocycles. The molecule has 18 rings (SSSR count). The van der Waals surface area contributed by atoms with Crippen molar-refractivity contribution in [1.29, 1.82) is 0 Å². The van der Waals surface area contributed by atoms with Gasteiger partial charge in [0.1, 0.15) is 0 Å². The number of rotatable bonds is 10. The molecule has 0 unspecified atom stereocenters. The summed E-state index contributed by atoms with van der Waals surface area (Å²) in [6.45, 7) is 9.37. The van der Waals surface area contributed by atoms with Crippen LogP contribution in [0.2, 0.25) is 0 Å². The number of hydrogen-bond donors (Lipinski definition) is 0. The molecule has 0 fully saturated rings. The van der Waals surface area contributed by atoms with E-state index >= 15 is 0 Å². The molecule has 2 aliphatic carbocycles. The van der Waals surface area contributed by atoms with Gasteiger partial charge in [0.15, 0.2) is 34.9 Å². The fraction of sp³-hybridized carbons (Fsp3) is 0.0667. The maximum Gasteiger partial charge on any atom is 0.164 e. The molecule has 0 spiro atoms. The predicted molar refractivity (Wildman–Crippen MR) is 400 cm³/mol. The highest BCUT2D eigenvalue weighted by molar-refractivity contribution is 6.03. The van der Waals surface area contributed by atoms with Gasteiger partial charge in [0.25, 0.3) is 0 Å². The topological polar surface area (TPSA) is 103 Å². The number of hydrogen-bond acceptors (Lipinski definition) is 8. The Labute approximate surface area is 569 Å². The number of benzene rings is 12. The fourth-order valence-corrected chi connectivity index (χ4v) is 14.5. The zero-order valence-electron chi connectivity index (χ0n) is 54.6. The van der Waals surface area contributed by atoms with Crippen LogP contribution in [0.15, 0.2) is 316 Å². The van der Waals surface area contributed by atoms with E-state index in [1.165, 1.54) is 77.2 Å². The Morgan fingerprint density at radius 3 is 0.990 bits per heavy atom. The molecule has 0 atom stereocenters. The summed E-state index contributed by atoms with van der Waals surface area (Å²) in [7, 11) is 0. The van der Waals surface area contributed by atoms with E-state index in [0.717, 1.165) is 66.8 Å². The summed E-state index contributed by atoms with van der Waals surface area (Å²) in [6, 6.07) is 102. The van der Waals surface area contributed by atoms with Gasteiger partial charge < -0.3 is 0 Å². The second-order valence-electron chi connectivity index (χ2n) is 26.3. The number of fused-ring (bicyclic) bond motifs is 10. The molecule has 12 aromatic carbocycles. The minimum atomic E-state index is -0.0696. The average molecular weight is 1260 g/mol. The highest BCUT2D eigenvalue weighted by atomic mass is 15.0. The van der Waals surface area contributed by atoms with E-state index in [1.54, 1.807) is 12.4 Å². The van der Waals surface area contributed by atoms with Gasteiger partial charge in [0.05, 0.1) is 0 Å². The van der Waals surface area contributed by atoms with Crippen molar-refractivity contribution in [2.24, 2.45) is 0 Å². The van der Waals surface area contributed by atoms with Crippen LogP contribution < -0.4 is 0 Å². The summed E-state index contributed by atoms with van der Waals surface area (Å²) in [5.41, 5.74) is 25.4. The van der Waals surface area contributed by atoms with Crippen molar-refractivity contribution in [3.8, 4) is 135 Å². The largest absolute Gasteiger partial charge is 0.264 e. The molecule has 0 amide bonds. The van der Waals surface area contributed by atoms with E-state index in [2.05, 4.69) is 256 Å². The fourth-order valence-electron chi connectivity index (χ4n) is 14.5. The molecule has 0 radical (unpaired) electrons. The van der Waals surface area contributed by atoms with Gasteiger partial charge in [-0.05, 0) is 135 Å². The van der Waals surface area contributed by atoms with Gasteiger partial charge in [0, 0.05) is 69.0 Å². The summed E-state index contributed by atoms with van der Waals surface area (Å²) in [6.07, 6.45) is 7.32. The highest BCUT2D eigenvalue weighted by Gasteiger charge is 2.38. The van der Waals surface area contributed by atoms with Crippen LogP contribution in [-0.4, -0.2) is 39.9 Å². The highest BCUT2D eigenvalue weighted by Crippen LogP contribution is 2.54. The average Bonchev–Trinajstić information content (AvgIpc) is 1.57. The molecule has 2 aliphatic rings. The van der Waals surface area contributed by atoms with Gasteiger partial charge in [0.2, 0.25) is 0 Å². The molecular formula is C90H64N8. The summed E-state index contributed by atoms with van der Waals surface area (Å²) < 4.78 is 0. The van der Waals surface area contributed by atoms with E-state index in [-0.39, 0.29) is 10.8 Å². The number of pyridine rings is 2. The Balaban J connectivity index is 0.000000147. The maximum atomic E-state index is 4.99. The zero-order valence-corrected chi connectivity index (χ0v) is 54.6. The second-order valence-corrected chi connectivity index (χ2v) is 26.3. The minimum absolute atomic E-state index is 0.0526. The first-order valence-corrected chi connectivity index (χ1v) is 33.3. The van der Waals surface area contributed by atoms with Crippen molar-refractivity contribution in [2.45, 2.75) is 38.5 Å². The van der Waals surface area contributed by atoms with Gasteiger partial charge in [-0.25, -0.2) is 29.9 Å². The van der Waals surface area contributed by atoms with Gasteiger partial charge in [-0.2, -0.15) is 0 Å². The smallest absolute Gasteiger partial charge is 0.164 e. The Morgan fingerprint density at radius 1 is 0.224 bits per heavy atom. The van der Waals surface area contributed by atoms with Crippen molar-refractivity contribution in [1.82, 2.24) is 39.9 Å². The van der Waals surface area contributed by atoms with Gasteiger partial charge in [-0.1, -0.05) is 295 Å². The summed E-state index contributed by atoms with van der Waals surface area (Å²) in [5.74, 6) is 3.85. The Kier molecular flexibility index (Phi) is 14.7. The maximum absolute atomic E-state index is 4.99. The third kappa shape index (κ3) is 10.8. The predicted octanol–water partition coefficient (Wildman–Crippen LogP) is 22.1. The molecular weight excluding hydrogens is 1190 g/mol. The quantitative estimate of drug-likeness (QED) is 0.133. The van der Waals surface area contributed by atoms with E-state index in [0.29, 0.717) is 34.9 Å². The Hall–Kier alpha value is -12.5. The molecule has 464 valence electrons. The van der Waals surface area contributed by atoms with Gasteiger partial charge >= 0.3 is 0 Å². The molecule has 8 heteroatoms. The van der Waals surface area contributed by atoms with Crippen molar-refractivity contribution in [3.63, 3.8) is 0 Å². The molecule has 0 bridgehead atoms. The first-order valence-electron chi connectivity index (χ1n) is 33.3. The minimum Gasteiger partial charge on any atom is -0.264 e. The number of aromatic nitrogens is 8. The van der Waals surface area contributed by atoms with Crippen molar-refractivity contribution >= 4 is 21.5 Å². The van der Waals surface area contributed by atoms with Gasteiger partial charge in [-0.15, -0.1) is 0 Å². The molecule has 4 heterocycles. The van der Waals surface area contributed by atoms with E-state index in [1.807, 2.05) is 85.2 Å².